The Bertz CT molecular complexity index is 1090. The molecule has 3 rings (SSSR count). The molecular weight excluding hydrogens is 370 g/mol. The van der Waals surface area contributed by atoms with Crippen LogP contribution in [0.25, 0.3) is 5.65 Å². The van der Waals surface area contributed by atoms with E-state index in [9.17, 15) is 13.2 Å². The highest BCUT2D eigenvalue weighted by Gasteiger charge is 2.22. The fraction of sp³-hybridized carbons (Fsp3) is 0.222. The Morgan fingerprint density at radius 2 is 2.00 bits per heavy atom. The van der Waals surface area contributed by atoms with Crippen molar-refractivity contribution in [1.82, 2.24) is 13.9 Å². The van der Waals surface area contributed by atoms with E-state index >= 15 is 0 Å². The minimum absolute atomic E-state index is 0.0193. The predicted octanol–water partition coefficient (Wildman–Crippen LogP) is 2.18. The second-order valence-electron chi connectivity index (χ2n) is 5.91. The number of nitrogens with zero attached hydrogens (tertiary/aromatic N) is 3. The van der Waals surface area contributed by atoms with Crippen molar-refractivity contribution >= 4 is 21.6 Å². The van der Waals surface area contributed by atoms with Gasteiger partial charge in [0.25, 0.3) is 10.0 Å². The van der Waals surface area contributed by atoms with Crippen molar-refractivity contribution in [2.24, 2.45) is 0 Å². The summed E-state index contributed by atoms with van der Waals surface area (Å²) in [5.41, 5.74) is 2.56. The van der Waals surface area contributed by atoms with E-state index in [-0.39, 0.29) is 17.1 Å². The summed E-state index contributed by atoms with van der Waals surface area (Å²) in [5, 5.41) is 0. The number of fused-ring (bicyclic) bond motifs is 1. The van der Waals surface area contributed by atoms with Crippen LogP contribution in [0.5, 0.6) is 0 Å². The molecule has 9 heteroatoms. The third-order valence-corrected chi connectivity index (χ3v) is 5.64. The largest absolute Gasteiger partial charge is 0.456 e. The minimum Gasteiger partial charge on any atom is -0.456 e. The van der Waals surface area contributed by atoms with Gasteiger partial charge in [-0.05, 0) is 36.8 Å². The SMILES string of the molecule is CON(C)S(=O)(=O)c1cccc(C(=O)OCc2cn3cc(C)ccc3n2)c1. The molecule has 0 aliphatic rings. The average Bonchev–Trinajstić information content (AvgIpc) is 3.07. The molecule has 0 N–H and O–H groups in total. The molecule has 2 aromatic heterocycles. The Balaban J connectivity index is 1.75. The molecule has 0 aliphatic carbocycles. The standard InChI is InChI=1S/C18H19N3O5S/c1-13-7-8-17-19-15(11-21(17)10-13)12-26-18(22)14-5-4-6-16(9-14)27(23,24)20(2)25-3/h4-11H,12H2,1-3H3. The number of benzene rings is 1. The smallest absolute Gasteiger partial charge is 0.338 e. The zero-order chi connectivity index (χ0) is 19.6. The molecule has 0 radical (unpaired) electrons. The number of imidazole rings is 1. The number of hydroxylamine groups is 1. The minimum atomic E-state index is -3.85. The summed E-state index contributed by atoms with van der Waals surface area (Å²) in [7, 11) is -1.33. The van der Waals surface area contributed by atoms with Crippen LogP contribution in [-0.4, -0.2) is 42.4 Å². The van der Waals surface area contributed by atoms with Crippen LogP contribution < -0.4 is 0 Å². The third-order valence-electron chi connectivity index (χ3n) is 3.96. The summed E-state index contributed by atoms with van der Waals surface area (Å²) in [6, 6.07) is 9.41. The summed E-state index contributed by atoms with van der Waals surface area (Å²) in [6.45, 7) is 1.95. The fourth-order valence-corrected chi connectivity index (χ4v) is 3.50. The molecule has 0 spiro atoms. The van der Waals surface area contributed by atoms with E-state index < -0.39 is 16.0 Å². The van der Waals surface area contributed by atoms with Crippen molar-refractivity contribution in [3.63, 3.8) is 0 Å². The number of pyridine rings is 1. The molecule has 8 nitrogen and oxygen atoms in total. The molecule has 0 aliphatic heterocycles. The van der Waals surface area contributed by atoms with Crippen LogP contribution >= 0.6 is 0 Å². The first kappa shape index (κ1) is 19.0. The van der Waals surface area contributed by atoms with E-state index in [1.54, 1.807) is 6.20 Å². The molecule has 0 bridgehead atoms. The van der Waals surface area contributed by atoms with Gasteiger partial charge in [-0.3, -0.25) is 4.84 Å². The number of hydrogen-bond acceptors (Lipinski definition) is 6. The summed E-state index contributed by atoms with van der Waals surface area (Å²) in [6.07, 6.45) is 3.71. The fourth-order valence-electron chi connectivity index (χ4n) is 2.48. The highest BCUT2D eigenvalue weighted by molar-refractivity contribution is 7.89. The van der Waals surface area contributed by atoms with Gasteiger partial charge in [0, 0.05) is 19.4 Å². The summed E-state index contributed by atoms with van der Waals surface area (Å²) < 4.78 is 32.4. The number of hydrogen-bond donors (Lipinski definition) is 0. The normalized spacial score (nSPS) is 11.9. The number of carbonyl (C=O) groups excluding carboxylic acids is 1. The monoisotopic (exact) mass is 389 g/mol. The second-order valence-corrected chi connectivity index (χ2v) is 7.84. The zero-order valence-corrected chi connectivity index (χ0v) is 15.9. The van der Waals surface area contributed by atoms with Gasteiger partial charge in [0.05, 0.1) is 23.3 Å². The Hall–Kier alpha value is -2.75. The maximum atomic E-state index is 12.3. The zero-order valence-electron chi connectivity index (χ0n) is 15.1. The van der Waals surface area contributed by atoms with E-state index in [4.69, 9.17) is 9.57 Å². The third kappa shape index (κ3) is 4.00. The summed E-state index contributed by atoms with van der Waals surface area (Å²) >= 11 is 0. The Morgan fingerprint density at radius 3 is 2.74 bits per heavy atom. The lowest BCUT2D eigenvalue weighted by Gasteiger charge is -2.14. The van der Waals surface area contributed by atoms with Crippen molar-refractivity contribution in [2.45, 2.75) is 18.4 Å². The second kappa shape index (κ2) is 7.47. The topological polar surface area (TPSA) is 90.2 Å². The van der Waals surface area contributed by atoms with E-state index in [1.807, 2.05) is 29.7 Å². The van der Waals surface area contributed by atoms with Gasteiger partial charge in [0.2, 0.25) is 0 Å². The van der Waals surface area contributed by atoms with Gasteiger partial charge in [-0.1, -0.05) is 16.6 Å². The Labute approximate surface area is 157 Å². The number of rotatable bonds is 6. The molecule has 0 saturated heterocycles. The molecule has 0 atom stereocenters. The van der Waals surface area contributed by atoms with Crippen LogP contribution in [0.2, 0.25) is 0 Å². The van der Waals surface area contributed by atoms with Crippen molar-refractivity contribution in [1.29, 1.82) is 0 Å². The Morgan fingerprint density at radius 1 is 1.22 bits per heavy atom. The lowest BCUT2D eigenvalue weighted by Crippen LogP contribution is -2.25. The summed E-state index contributed by atoms with van der Waals surface area (Å²) in [4.78, 5) is 21.4. The van der Waals surface area contributed by atoms with Gasteiger partial charge >= 0.3 is 5.97 Å². The lowest BCUT2D eigenvalue weighted by molar-refractivity contribution is -0.0258. The number of esters is 1. The van der Waals surface area contributed by atoms with Crippen molar-refractivity contribution in [3.8, 4) is 0 Å². The van der Waals surface area contributed by atoms with E-state index in [2.05, 4.69) is 4.98 Å². The molecule has 3 aromatic rings. The number of sulfonamides is 1. The van der Waals surface area contributed by atoms with Crippen LogP contribution in [0.15, 0.2) is 53.7 Å². The van der Waals surface area contributed by atoms with Crippen molar-refractivity contribution in [2.75, 3.05) is 14.2 Å². The molecule has 142 valence electrons. The number of carbonyl (C=O) groups is 1. The van der Waals surface area contributed by atoms with Crippen LogP contribution in [0.4, 0.5) is 0 Å². The number of aromatic nitrogens is 2. The average molecular weight is 389 g/mol. The molecule has 0 saturated carbocycles. The first-order chi connectivity index (χ1) is 12.8. The number of aryl methyl sites for hydroxylation is 1. The molecule has 0 unspecified atom stereocenters. The van der Waals surface area contributed by atoms with Gasteiger partial charge in [0.15, 0.2) is 0 Å². The van der Waals surface area contributed by atoms with Crippen molar-refractivity contribution < 1.29 is 22.8 Å². The quantitative estimate of drug-likeness (QED) is 0.474. The van der Waals surface area contributed by atoms with E-state index in [1.165, 1.54) is 38.4 Å². The number of ether oxygens (including phenoxy) is 1. The molecular formula is C18H19N3O5S. The van der Waals surface area contributed by atoms with E-state index in [0.717, 1.165) is 15.7 Å². The highest BCUT2D eigenvalue weighted by atomic mass is 32.2. The molecule has 1 aromatic carbocycles. The predicted molar refractivity (Wildman–Crippen MR) is 97.4 cm³/mol. The van der Waals surface area contributed by atoms with Crippen LogP contribution in [0, 0.1) is 6.92 Å². The highest BCUT2D eigenvalue weighted by Crippen LogP contribution is 2.17. The van der Waals surface area contributed by atoms with E-state index in [0.29, 0.717) is 5.69 Å². The van der Waals surface area contributed by atoms with Crippen LogP contribution in [-0.2, 0) is 26.2 Å². The van der Waals surface area contributed by atoms with Gasteiger partial charge in [-0.15, -0.1) is 0 Å². The molecule has 0 fully saturated rings. The Kier molecular flexibility index (Phi) is 5.26. The molecule has 2 heterocycles. The van der Waals surface area contributed by atoms with Crippen LogP contribution in [0.3, 0.4) is 0 Å². The first-order valence-electron chi connectivity index (χ1n) is 8.06. The van der Waals surface area contributed by atoms with Gasteiger partial charge < -0.3 is 9.14 Å². The first-order valence-corrected chi connectivity index (χ1v) is 9.50. The maximum Gasteiger partial charge on any atom is 0.338 e. The van der Waals surface area contributed by atoms with Gasteiger partial charge in [-0.25, -0.2) is 18.2 Å². The molecule has 27 heavy (non-hydrogen) atoms. The summed E-state index contributed by atoms with van der Waals surface area (Å²) in [5.74, 6) is -0.639. The maximum absolute atomic E-state index is 12.3. The van der Waals surface area contributed by atoms with Crippen molar-refractivity contribution in [3.05, 3.63) is 65.6 Å². The van der Waals surface area contributed by atoms with Crippen LogP contribution in [0.1, 0.15) is 21.6 Å². The molecule has 0 amide bonds. The lowest BCUT2D eigenvalue weighted by atomic mass is 10.2. The van der Waals surface area contributed by atoms with Gasteiger partial charge in [0.1, 0.15) is 12.3 Å². The van der Waals surface area contributed by atoms with Gasteiger partial charge in [-0.2, -0.15) is 0 Å².